The minimum absolute atomic E-state index is 0. The summed E-state index contributed by atoms with van der Waals surface area (Å²) in [5.41, 5.74) is 1.72. The van der Waals surface area contributed by atoms with Crippen LogP contribution in [-0.2, 0) is 0 Å². The van der Waals surface area contributed by atoms with Crippen molar-refractivity contribution in [1.82, 2.24) is 10.3 Å². The van der Waals surface area contributed by atoms with E-state index in [1.807, 2.05) is 18.2 Å². The van der Waals surface area contributed by atoms with Crippen LogP contribution in [0.4, 0.5) is 5.69 Å². The Morgan fingerprint density at radius 2 is 1.95 bits per heavy atom. The third kappa shape index (κ3) is 3.56. The molecule has 4 nitrogen and oxygen atoms in total. The lowest BCUT2D eigenvalue weighted by molar-refractivity contribution is 0.724. The van der Waals surface area contributed by atoms with Gasteiger partial charge in [0.05, 0.1) is 0 Å². The first kappa shape index (κ1) is 17.5. The summed E-state index contributed by atoms with van der Waals surface area (Å²) in [4.78, 5) is 6.53. The van der Waals surface area contributed by atoms with Gasteiger partial charge in [-0.2, -0.15) is 5.26 Å². The maximum absolute atomic E-state index is 9.15. The van der Waals surface area contributed by atoms with Crippen LogP contribution in [0.25, 0.3) is 10.8 Å². The summed E-state index contributed by atoms with van der Waals surface area (Å²) in [5, 5.41) is 14.6. The molecule has 2 heterocycles. The van der Waals surface area contributed by atoms with E-state index in [-0.39, 0.29) is 24.8 Å². The molecule has 1 saturated heterocycles. The molecule has 0 unspecified atom stereocenters. The molecule has 1 fully saturated rings. The van der Waals surface area contributed by atoms with E-state index in [1.54, 1.807) is 6.20 Å². The van der Waals surface area contributed by atoms with Gasteiger partial charge < -0.3 is 10.2 Å². The molecule has 1 aromatic carbocycles. The van der Waals surface area contributed by atoms with Gasteiger partial charge >= 0.3 is 0 Å². The largest absolute Gasteiger partial charge is 0.370 e. The Morgan fingerprint density at radius 3 is 2.76 bits per heavy atom. The number of hydrogen-bond donors (Lipinski definition) is 1. The molecule has 0 aliphatic carbocycles. The molecule has 1 aliphatic rings. The molecule has 0 atom stereocenters. The normalized spacial score (nSPS) is 14.5. The van der Waals surface area contributed by atoms with Crippen molar-refractivity contribution in [2.75, 3.05) is 31.1 Å². The lowest BCUT2D eigenvalue weighted by atomic mass is 10.1. The van der Waals surface area contributed by atoms with Crippen LogP contribution < -0.4 is 10.2 Å². The van der Waals surface area contributed by atoms with Gasteiger partial charge in [0.15, 0.2) is 0 Å². The molecule has 3 rings (SSSR count). The Labute approximate surface area is 137 Å². The van der Waals surface area contributed by atoms with Crippen LogP contribution in [0.3, 0.4) is 0 Å². The number of hydrogen-bond acceptors (Lipinski definition) is 4. The van der Waals surface area contributed by atoms with Crippen LogP contribution >= 0.6 is 24.8 Å². The highest BCUT2D eigenvalue weighted by atomic mass is 35.5. The predicted octanol–water partition coefficient (Wildman–Crippen LogP) is 2.75. The Bertz CT molecular complexity index is 631. The van der Waals surface area contributed by atoms with Crippen molar-refractivity contribution in [3.05, 3.63) is 36.2 Å². The standard InChI is InChI=1S/C15H16N4.2ClH/c16-11-14-12-3-1-4-15(13(12)5-7-18-14)19-9-2-6-17-8-10-19;;/h1,3-5,7,17H,2,6,8-10H2;2*1H. The van der Waals surface area contributed by atoms with E-state index in [2.05, 4.69) is 27.3 Å². The molecule has 0 radical (unpaired) electrons. The molecule has 6 heteroatoms. The summed E-state index contributed by atoms with van der Waals surface area (Å²) in [7, 11) is 0. The Morgan fingerprint density at radius 1 is 1.10 bits per heavy atom. The molecular weight excluding hydrogens is 307 g/mol. The van der Waals surface area contributed by atoms with Gasteiger partial charge in [-0.25, -0.2) is 4.98 Å². The topological polar surface area (TPSA) is 52.0 Å². The molecule has 0 bridgehead atoms. The van der Waals surface area contributed by atoms with Gasteiger partial charge in [0.25, 0.3) is 0 Å². The maximum Gasteiger partial charge on any atom is 0.148 e. The fraction of sp³-hybridized carbons (Fsp3) is 0.333. The highest BCUT2D eigenvalue weighted by Crippen LogP contribution is 2.28. The van der Waals surface area contributed by atoms with Crippen molar-refractivity contribution >= 4 is 41.3 Å². The Balaban J connectivity index is 0.00000110. The second-order valence-corrected chi connectivity index (χ2v) is 4.73. The molecule has 112 valence electrons. The summed E-state index contributed by atoms with van der Waals surface area (Å²) >= 11 is 0. The molecule has 1 aromatic heterocycles. The summed E-state index contributed by atoms with van der Waals surface area (Å²) in [6.07, 6.45) is 2.87. The van der Waals surface area contributed by atoms with Gasteiger partial charge in [-0.05, 0) is 25.1 Å². The van der Waals surface area contributed by atoms with Gasteiger partial charge in [-0.3, -0.25) is 0 Å². The lowest BCUT2D eigenvalue weighted by Gasteiger charge is -2.24. The third-order valence-electron chi connectivity index (χ3n) is 3.57. The van der Waals surface area contributed by atoms with Crippen molar-refractivity contribution in [2.45, 2.75) is 6.42 Å². The van der Waals surface area contributed by atoms with Crippen molar-refractivity contribution < 1.29 is 0 Å². The predicted molar refractivity (Wildman–Crippen MR) is 90.7 cm³/mol. The quantitative estimate of drug-likeness (QED) is 0.876. The van der Waals surface area contributed by atoms with Crippen LogP contribution in [-0.4, -0.2) is 31.2 Å². The van der Waals surface area contributed by atoms with Gasteiger partial charge in [-0.1, -0.05) is 12.1 Å². The van der Waals surface area contributed by atoms with E-state index in [0.717, 1.165) is 43.4 Å². The number of nitriles is 1. The zero-order chi connectivity index (χ0) is 13.1. The van der Waals surface area contributed by atoms with Crippen LogP contribution in [0.2, 0.25) is 0 Å². The zero-order valence-corrected chi connectivity index (χ0v) is 13.2. The monoisotopic (exact) mass is 324 g/mol. The highest BCUT2D eigenvalue weighted by Gasteiger charge is 2.13. The molecule has 1 aliphatic heterocycles. The first-order chi connectivity index (χ1) is 9.40. The Hall–Kier alpha value is -1.54. The number of pyridine rings is 1. The van der Waals surface area contributed by atoms with Gasteiger partial charge in [0.2, 0.25) is 0 Å². The second-order valence-electron chi connectivity index (χ2n) is 4.73. The zero-order valence-electron chi connectivity index (χ0n) is 11.6. The number of nitrogens with zero attached hydrogens (tertiary/aromatic N) is 3. The first-order valence-electron chi connectivity index (χ1n) is 6.63. The van der Waals surface area contributed by atoms with Crippen LogP contribution in [0.15, 0.2) is 30.5 Å². The van der Waals surface area contributed by atoms with Crippen LogP contribution in [0, 0.1) is 11.3 Å². The first-order valence-corrected chi connectivity index (χ1v) is 6.63. The van der Waals surface area contributed by atoms with Gasteiger partial charge in [-0.15, -0.1) is 24.8 Å². The van der Waals surface area contributed by atoms with Crippen molar-refractivity contribution in [2.24, 2.45) is 0 Å². The molecule has 0 spiro atoms. The number of benzene rings is 1. The van der Waals surface area contributed by atoms with E-state index in [0.29, 0.717) is 5.69 Å². The van der Waals surface area contributed by atoms with Crippen molar-refractivity contribution in [3.63, 3.8) is 0 Å². The maximum atomic E-state index is 9.15. The van der Waals surface area contributed by atoms with E-state index >= 15 is 0 Å². The number of halogens is 2. The van der Waals surface area contributed by atoms with Crippen LogP contribution in [0.1, 0.15) is 12.1 Å². The van der Waals surface area contributed by atoms with E-state index in [1.165, 1.54) is 5.69 Å². The SMILES string of the molecule is Cl.Cl.N#Cc1nccc2c(N3CCCNCC3)cccc12. The smallest absolute Gasteiger partial charge is 0.148 e. The molecular formula is C15H18Cl2N4. The van der Waals surface area contributed by atoms with Crippen molar-refractivity contribution in [3.8, 4) is 6.07 Å². The highest BCUT2D eigenvalue weighted by molar-refractivity contribution is 5.96. The summed E-state index contributed by atoms with van der Waals surface area (Å²) in [6, 6.07) is 10.3. The van der Waals surface area contributed by atoms with Gasteiger partial charge in [0.1, 0.15) is 11.8 Å². The van der Waals surface area contributed by atoms with Gasteiger partial charge in [0, 0.05) is 42.3 Å². The molecule has 0 amide bonds. The summed E-state index contributed by atoms with van der Waals surface area (Å²) in [6.45, 7) is 4.14. The van der Waals surface area contributed by atoms with E-state index in [9.17, 15) is 0 Å². The number of rotatable bonds is 1. The fourth-order valence-corrected chi connectivity index (χ4v) is 2.64. The summed E-state index contributed by atoms with van der Waals surface area (Å²) in [5.74, 6) is 0. The number of nitrogens with one attached hydrogen (secondary N) is 1. The molecule has 1 N–H and O–H groups in total. The lowest BCUT2D eigenvalue weighted by Crippen LogP contribution is -2.27. The molecule has 0 saturated carbocycles. The average Bonchev–Trinajstić information content (AvgIpc) is 2.75. The van der Waals surface area contributed by atoms with Crippen LogP contribution in [0.5, 0.6) is 0 Å². The minimum Gasteiger partial charge on any atom is -0.370 e. The fourth-order valence-electron chi connectivity index (χ4n) is 2.64. The number of aromatic nitrogens is 1. The third-order valence-corrected chi connectivity index (χ3v) is 3.57. The average molecular weight is 325 g/mol. The Kier molecular flexibility index (Phi) is 6.70. The molecule has 21 heavy (non-hydrogen) atoms. The number of fused-ring (bicyclic) bond motifs is 1. The van der Waals surface area contributed by atoms with Crippen molar-refractivity contribution in [1.29, 1.82) is 5.26 Å². The molecule has 2 aromatic rings. The second kappa shape index (κ2) is 8.04. The van der Waals surface area contributed by atoms with E-state index in [4.69, 9.17) is 5.26 Å². The summed E-state index contributed by atoms with van der Waals surface area (Å²) < 4.78 is 0. The minimum atomic E-state index is 0. The number of anilines is 1. The van der Waals surface area contributed by atoms with E-state index < -0.39 is 0 Å².